The van der Waals surface area contributed by atoms with E-state index in [1.165, 1.54) is 16.2 Å². The Hall–Kier alpha value is -1.10. The van der Waals surface area contributed by atoms with Crippen molar-refractivity contribution < 1.29 is 4.79 Å². The predicted octanol–water partition coefficient (Wildman–Crippen LogP) is 0.919. The first-order valence-corrected chi connectivity index (χ1v) is 3.98. The second-order valence-corrected chi connectivity index (χ2v) is 2.80. The number of anilines is 1. The van der Waals surface area contributed by atoms with Crippen LogP contribution in [0.4, 0.5) is 9.93 Å². The number of carbonyl (C=O) groups is 1. The summed E-state index contributed by atoms with van der Waals surface area (Å²) in [5.74, 6) is 0. The molecule has 4 nitrogen and oxygen atoms in total. The highest BCUT2D eigenvalue weighted by atomic mass is 32.1. The number of amides is 2. The normalized spacial score (nSPS) is 9.27. The van der Waals surface area contributed by atoms with Crippen molar-refractivity contribution >= 4 is 22.5 Å². The van der Waals surface area contributed by atoms with Gasteiger partial charge in [-0.15, -0.1) is 11.3 Å². The van der Waals surface area contributed by atoms with E-state index in [-0.39, 0.29) is 6.03 Å². The monoisotopic (exact) mass is 171 g/mol. The minimum atomic E-state index is -0.153. The number of aromatic nitrogens is 1. The number of hydrogen-bond donors (Lipinski definition) is 1. The van der Waals surface area contributed by atoms with Crippen molar-refractivity contribution in [2.75, 3.05) is 19.0 Å². The molecule has 0 spiro atoms. The Morgan fingerprint density at radius 3 is 3.00 bits per heavy atom. The minimum Gasteiger partial charge on any atom is -0.341 e. The van der Waals surface area contributed by atoms with Crippen LogP contribution < -0.4 is 10.2 Å². The van der Waals surface area contributed by atoms with E-state index in [1.807, 2.05) is 5.38 Å². The smallest absolute Gasteiger partial charge is 0.323 e. The minimum absolute atomic E-state index is 0.153. The van der Waals surface area contributed by atoms with Crippen LogP contribution in [0.5, 0.6) is 0 Å². The SMILES string of the molecule is CNC(=O)N(C)c1nccs1. The van der Waals surface area contributed by atoms with Crippen LogP contribution in [0.2, 0.25) is 0 Å². The molecule has 11 heavy (non-hydrogen) atoms. The fraction of sp³-hybridized carbons (Fsp3) is 0.333. The van der Waals surface area contributed by atoms with Gasteiger partial charge in [-0.3, -0.25) is 4.90 Å². The standard InChI is InChI=1S/C6H9N3OS/c1-7-5(10)9(2)6-8-3-4-11-6/h3-4H,1-2H3,(H,7,10). The molecule has 5 heteroatoms. The van der Waals surface area contributed by atoms with Gasteiger partial charge in [0.25, 0.3) is 0 Å². The average molecular weight is 171 g/mol. The second kappa shape index (κ2) is 3.34. The van der Waals surface area contributed by atoms with Gasteiger partial charge in [0.2, 0.25) is 0 Å². The Morgan fingerprint density at radius 2 is 2.55 bits per heavy atom. The first-order valence-electron chi connectivity index (χ1n) is 3.10. The molecule has 0 aliphatic rings. The molecule has 0 radical (unpaired) electrons. The molecule has 1 rings (SSSR count). The topological polar surface area (TPSA) is 45.2 Å². The molecule has 0 aliphatic heterocycles. The summed E-state index contributed by atoms with van der Waals surface area (Å²) in [6.07, 6.45) is 1.67. The van der Waals surface area contributed by atoms with Crippen molar-refractivity contribution in [1.29, 1.82) is 0 Å². The highest BCUT2D eigenvalue weighted by Crippen LogP contribution is 2.14. The molecule has 0 atom stereocenters. The quantitative estimate of drug-likeness (QED) is 0.683. The molecule has 0 saturated heterocycles. The Morgan fingerprint density at radius 1 is 1.82 bits per heavy atom. The lowest BCUT2D eigenvalue weighted by atomic mass is 10.8. The predicted molar refractivity (Wildman–Crippen MR) is 45.0 cm³/mol. The lowest BCUT2D eigenvalue weighted by molar-refractivity contribution is 0.249. The van der Waals surface area contributed by atoms with E-state index in [9.17, 15) is 4.79 Å². The maximum atomic E-state index is 11.0. The van der Waals surface area contributed by atoms with Gasteiger partial charge in [-0.1, -0.05) is 0 Å². The van der Waals surface area contributed by atoms with Crippen LogP contribution in [0.25, 0.3) is 0 Å². The van der Waals surface area contributed by atoms with Gasteiger partial charge in [0.1, 0.15) is 0 Å². The summed E-state index contributed by atoms with van der Waals surface area (Å²) < 4.78 is 0. The van der Waals surface area contributed by atoms with Crippen molar-refractivity contribution in [2.24, 2.45) is 0 Å². The Balaban J connectivity index is 2.70. The number of rotatable bonds is 1. The zero-order valence-corrected chi connectivity index (χ0v) is 7.18. The van der Waals surface area contributed by atoms with Gasteiger partial charge in [-0.2, -0.15) is 0 Å². The van der Waals surface area contributed by atoms with Crippen molar-refractivity contribution in [3.63, 3.8) is 0 Å². The van der Waals surface area contributed by atoms with Crippen LogP contribution in [-0.4, -0.2) is 25.1 Å². The third kappa shape index (κ3) is 1.68. The van der Waals surface area contributed by atoms with Gasteiger partial charge >= 0.3 is 6.03 Å². The van der Waals surface area contributed by atoms with E-state index in [0.717, 1.165) is 0 Å². The first kappa shape index (κ1) is 8.00. The van der Waals surface area contributed by atoms with Crippen LogP contribution in [-0.2, 0) is 0 Å². The average Bonchev–Trinajstić information content (AvgIpc) is 2.53. The van der Waals surface area contributed by atoms with Gasteiger partial charge in [-0.25, -0.2) is 9.78 Å². The Kier molecular flexibility index (Phi) is 2.43. The summed E-state index contributed by atoms with van der Waals surface area (Å²) in [5.41, 5.74) is 0. The molecule has 1 heterocycles. The number of nitrogens with zero attached hydrogens (tertiary/aromatic N) is 2. The van der Waals surface area contributed by atoms with Gasteiger partial charge < -0.3 is 5.32 Å². The molecule has 0 fully saturated rings. The van der Waals surface area contributed by atoms with Crippen LogP contribution in [0.3, 0.4) is 0 Å². The number of nitrogens with one attached hydrogen (secondary N) is 1. The summed E-state index contributed by atoms with van der Waals surface area (Å²) in [6, 6.07) is -0.153. The van der Waals surface area contributed by atoms with Gasteiger partial charge in [0.15, 0.2) is 5.13 Å². The summed E-state index contributed by atoms with van der Waals surface area (Å²) in [7, 11) is 3.27. The largest absolute Gasteiger partial charge is 0.341 e. The number of carbonyl (C=O) groups excluding carboxylic acids is 1. The summed E-state index contributed by atoms with van der Waals surface area (Å²) >= 11 is 1.43. The molecule has 60 valence electrons. The lowest BCUT2D eigenvalue weighted by Crippen LogP contribution is -2.34. The molecule has 1 N–H and O–H groups in total. The summed E-state index contributed by atoms with van der Waals surface area (Å²) in [4.78, 5) is 16.4. The van der Waals surface area contributed by atoms with Crippen LogP contribution >= 0.6 is 11.3 Å². The van der Waals surface area contributed by atoms with Gasteiger partial charge in [-0.05, 0) is 0 Å². The lowest BCUT2D eigenvalue weighted by Gasteiger charge is -2.11. The van der Waals surface area contributed by atoms with Crippen molar-refractivity contribution in [3.05, 3.63) is 11.6 Å². The van der Waals surface area contributed by atoms with E-state index >= 15 is 0 Å². The molecule has 1 aromatic heterocycles. The number of urea groups is 1. The molecule has 0 bridgehead atoms. The van der Waals surface area contributed by atoms with Crippen molar-refractivity contribution in [3.8, 4) is 0 Å². The molecule has 1 aromatic rings. The second-order valence-electron chi connectivity index (χ2n) is 1.93. The Bertz CT molecular complexity index is 234. The summed E-state index contributed by atoms with van der Waals surface area (Å²) in [6.45, 7) is 0. The number of hydrogen-bond acceptors (Lipinski definition) is 3. The molecule has 0 unspecified atom stereocenters. The fourth-order valence-electron chi connectivity index (χ4n) is 0.636. The van der Waals surface area contributed by atoms with E-state index in [2.05, 4.69) is 10.3 Å². The summed E-state index contributed by atoms with van der Waals surface area (Å²) in [5, 5.41) is 5.03. The molecular formula is C6H9N3OS. The maximum Gasteiger partial charge on any atom is 0.323 e. The van der Waals surface area contributed by atoms with Gasteiger partial charge in [0.05, 0.1) is 0 Å². The van der Waals surface area contributed by atoms with E-state index in [4.69, 9.17) is 0 Å². The highest BCUT2D eigenvalue weighted by molar-refractivity contribution is 7.13. The maximum absolute atomic E-state index is 11.0. The van der Waals surface area contributed by atoms with E-state index in [1.54, 1.807) is 20.3 Å². The third-order valence-corrected chi connectivity index (χ3v) is 2.07. The molecular weight excluding hydrogens is 162 g/mol. The van der Waals surface area contributed by atoms with Crippen LogP contribution in [0.15, 0.2) is 11.6 Å². The van der Waals surface area contributed by atoms with Crippen molar-refractivity contribution in [2.45, 2.75) is 0 Å². The molecule has 2 amide bonds. The Labute approximate surface area is 68.9 Å². The van der Waals surface area contributed by atoms with E-state index in [0.29, 0.717) is 5.13 Å². The van der Waals surface area contributed by atoms with Gasteiger partial charge in [0, 0.05) is 25.7 Å². The zero-order chi connectivity index (χ0) is 8.27. The van der Waals surface area contributed by atoms with Crippen LogP contribution in [0.1, 0.15) is 0 Å². The third-order valence-electron chi connectivity index (χ3n) is 1.22. The zero-order valence-electron chi connectivity index (χ0n) is 6.37. The molecule has 0 aromatic carbocycles. The van der Waals surface area contributed by atoms with Crippen LogP contribution in [0, 0.1) is 0 Å². The molecule has 0 saturated carbocycles. The van der Waals surface area contributed by atoms with Crippen molar-refractivity contribution in [1.82, 2.24) is 10.3 Å². The highest BCUT2D eigenvalue weighted by Gasteiger charge is 2.09. The first-order chi connectivity index (χ1) is 5.25. The number of thiazole rings is 1. The van der Waals surface area contributed by atoms with E-state index < -0.39 is 0 Å². The fourth-order valence-corrected chi connectivity index (χ4v) is 1.24. The molecule has 0 aliphatic carbocycles.